The lowest BCUT2D eigenvalue weighted by Crippen LogP contribution is -2.16. The van der Waals surface area contributed by atoms with E-state index in [1.165, 1.54) is 11.3 Å². The van der Waals surface area contributed by atoms with Crippen molar-refractivity contribution < 1.29 is 9.53 Å². The van der Waals surface area contributed by atoms with Crippen molar-refractivity contribution in [1.82, 2.24) is 4.57 Å². The second-order valence-corrected chi connectivity index (χ2v) is 7.20. The number of aromatic nitrogens is 1. The SMILES string of the molecule is C=CCn1c(=NC(=O)c2cccc(Br)c2)sc2cc(OCC)ccc21. The molecule has 2 aromatic carbocycles. The Labute approximate surface area is 158 Å². The fourth-order valence-corrected chi connectivity index (χ4v) is 3.94. The number of hydrogen-bond acceptors (Lipinski definition) is 3. The molecule has 0 unspecified atom stereocenters. The summed E-state index contributed by atoms with van der Waals surface area (Å²) in [6.45, 7) is 6.95. The first-order valence-corrected chi connectivity index (χ1v) is 9.45. The molecule has 0 bridgehead atoms. The van der Waals surface area contributed by atoms with Gasteiger partial charge in [-0.05, 0) is 43.3 Å². The van der Waals surface area contributed by atoms with Crippen LogP contribution in [-0.4, -0.2) is 17.1 Å². The minimum atomic E-state index is -0.268. The highest BCUT2D eigenvalue weighted by Crippen LogP contribution is 2.23. The third-order valence-electron chi connectivity index (χ3n) is 3.55. The fraction of sp³-hybridized carbons (Fsp3) is 0.158. The number of amides is 1. The summed E-state index contributed by atoms with van der Waals surface area (Å²) in [5, 5.41) is 0. The van der Waals surface area contributed by atoms with Gasteiger partial charge in [0, 0.05) is 16.6 Å². The van der Waals surface area contributed by atoms with Crippen LogP contribution >= 0.6 is 27.3 Å². The zero-order chi connectivity index (χ0) is 17.8. The molecule has 1 heterocycles. The van der Waals surface area contributed by atoms with Crippen LogP contribution in [0.25, 0.3) is 10.2 Å². The van der Waals surface area contributed by atoms with Crippen LogP contribution < -0.4 is 9.54 Å². The van der Waals surface area contributed by atoms with E-state index in [9.17, 15) is 4.79 Å². The van der Waals surface area contributed by atoms with Crippen molar-refractivity contribution in [3.05, 3.63) is 70.0 Å². The largest absolute Gasteiger partial charge is 0.494 e. The molecular weight excluding hydrogens is 400 g/mol. The number of hydrogen-bond donors (Lipinski definition) is 0. The van der Waals surface area contributed by atoms with Gasteiger partial charge in [0.05, 0.1) is 16.8 Å². The molecule has 128 valence electrons. The van der Waals surface area contributed by atoms with E-state index in [1.807, 2.05) is 41.8 Å². The molecule has 0 radical (unpaired) electrons. The molecule has 25 heavy (non-hydrogen) atoms. The van der Waals surface area contributed by atoms with E-state index in [0.717, 1.165) is 20.4 Å². The van der Waals surface area contributed by atoms with Gasteiger partial charge in [0.15, 0.2) is 4.80 Å². The summed E-state index contributed by atoms with van der Waals surface area (Å²) in [4.78, 5) is 17.5. The second-order valence-electron chi connectivity index (χ2n) is 5.27. The Kier molecular flexibility index (Phi) is 5.50. The Morgan fingerprint density at radius 3 is 2.92 bits per heavy atom. The van der Waals surface area contributed by atoms with Gasteiger partial charge in [-0.1, -0.05) is 39.4 Å². The first kappa shape index (κ1) is 17.6. The smallest absolute Gasteiger partial charge is 0.279 e. The van der Waals surface area contributed by atoms with Crippen LogP contribution in [0.3, 0.4) is 0 Å². The van der Waals surface area contributed by atoms with Crippen LogP contribution in [0.15, 0.2) is 64.6 Å². The quantitative estimate of drug-likeness (QED) is 0.561. The lowest BCUT2D eigenvalue weighted by molar-refractivity contribution is 0.0998. The Hall–Kier alpha value is -2.18. The van der Waals surface area contributed by atoms with Crippen LogP contribution in [0, 0.1) is 0 Å². The van der Waals surface area contributed by atoms with Gasteiger partial charge in [0.25, 0.3) is 5.91 Å². The Balaban J connectivity index is 2.11. The maximum absolute atomic E-state index is 12.5. The molecule has 0 spiro atoms. The zero-order valence-electron chi connectivity index (χ0n) is 13.7. The highest BCUT2D eigenvalue weighted by Gasteiger charge is 2.10. The predicted molar refractivity (Wildman–Crippen MR) is 105 cm³/mol. The van der Waals surface area contributed by atoms with Crippen LogP contribution in [-0.2, 0) is 6.54 Å². The number of carbonyl (C=O) groups excluding carboxylic acids is 1. The summed E-state index contributed by atoms with van der Waals surface area (Å²) in [6, 6.07) is 13.1. The van der Waals surface area contributed by atoms with E-state index >= 15 is 0 Å². The molecule has 0 N–H and O–H groups in total. The third-order valence-corrected chi connectivity index (χ3v) is 5.08. The molecule has 0 saturated carbocycles. The number of nitrogens with zero attached hydrogens (tertiary/aromatic N) is 2. The lowest BCUT2D eigenvalue weighted by Gasteiger charge is -2.04. The number of allylic oxidation sites excluding steroid dienone is 1. The summed E-state index contributed by atoms with van der Waals surface area (Å²) in [6.07, 6.45) is 1.80. The van der Waals surface area contributed by atoms with E-state index in [4.69, 9.17) is 4.74 Å². The van der Waals surface area contributed by atoms with Crippen molar-refractivity contribution in [3.63, 3.8) is 0 Å². The molecule has 1 amide bonds. The maximum atomic E-state index is 12.5. The van der Waals surface area contributed by atoms with Crippen molar-refractivity contribution >= 4 is 43.4 Å². The van der Waals surface area contributed by atoms with Gasteiger partial charge in [-0.15, -0.1) is 6.58 Å². The van der Waals surface area contributed by atoms with E-state index < -0.39 is 0 Å². The van der Waals surface area contributed by atoms with Crippen LogP contribution in [0.1, 0.15) is 17.3 Å². The summed E-state index contributed by atoms with van der Waals surface area (Å²) in [7, 11) is 0. The zero-order valence-corrected chi connectivity index (χ0v) is 16.1. The molecular formula is C19H17BrN2O2S. The molecule has 3 aromatic rings. The monoisotopic (exact) mass is 416 g/mol. The molecule has 4 nitrogen and oxygen atoms in total. The highest BCUT2D eigenvalue weighted by molar-refractivity contribution is 9.10. The highest BCUT2D eigenvalue weighted by atomic mass is 79.9. The number of fused-ring (bicyclic) bond motifs is 1. The molecule has 0 aliphatic carbocycles. The summed E-state index contributed by atoms with van der Waals surface area (Å²) in [5.74, 6) is 0.544. The number of halogens is 1. The molecule has 0 saturated heterocycles. The molecule has 0 atom stereocenters. The Morgan fingerprint density at radius 1 is 1.36 bits per heavy atom. The normalized spacial score (nSPS) is 11.7. The van der Waals surface area contributed by atoms with Gasteiger partial charge in [0.2, 0.25) is 0 Å². The summed E-state index contributed by atoms with van der Waals surface area (Å²) < 4.78 is 9.42. The van der Waals surface area contributed by atoms with Gasteiger partial charge in [-0.3, -0.25) is 4.79 Å². The molecule has 0 aliphatic rings. The molecule has 0 aliphatic heterocycles. The Morgan fingerprint density at radius 2 is 2.20 bits per heavy atom. The average Bonchev–Trinajstić information content (AvgIpc) is 2.92. The second kappa shape index (κ2) is 7.80. The van der Waals surface area contributed by atoms with E-state index in [0.29, 0.717) is 23.5 Å². The first-order chi connectivity index (χ1) is 12.1. The minimum Gasteiger partial charge on any atom is -0.494 e. The van der Waals surface area contributed by atoms with Crippen LogP contribution in [0.4, 0.5) is 0 Å². The van der Waals surface area contributed by atoms with Gasteiger partial charge in [-0.2, -0.15) is 4.99 Å². The average molecular weight is 417 g/mol. The van der Waals surface area contributed by atoms with Gasteiger partial charge in [-0.25, -0.2) is 0 Å². The van der Waals surface area contributed by atoms with Gasteiger partial charge in [0.1, 0.15) is 5.75 Å². The van der Waals surface area contributed by atoms with Crippen molar-refractivity contribution in [2.75, 3.05) is 6.61 Å². The van der Waals surface area contributed by atoms with Crippen molar-refractivity contribution in [2.24, 2.45) is 4.99 Å². The molecule has 1 aromatic heterocycles. The number of rotatable bonds is 5. The molecule has 0 fully saturated rings. The van der Waals surface area contributed by atoms with E-state index in [1.54, 1.807) is 18.2 Å². The number of carbonyl (C=O) groups is 1. The van der Waals surface area contributed by atoms with Gasteiger partial charge < -0.3 is 9.30 Å². The summed E-state index contributed by atoms with van der Waals surface area (Å²) >= 11 is 4.85. The van der Waals surface area contributed by atoms with E-state index in [-0.39, 0.29) is 5.91 Å². The predicted octanol–water partition coefficient (Wildman–Crippen LogP) is 4.79. The molecule has 6 heteroatoms. The molecule has 3 rings (SSSR count). The Bertz CT molecular complexity index is 1000. The van der Waals surface area contributed by atoms with E-state index in [2.05, 4.69) is 27.5 Å². The van der Waals surface area contributed by atoms with Crippen molar-refractivity contribution in [2.45, 2.75) is 13.5 Å². The number of ether oxygens (including phenoxy) is 1. The van der Waals surface area contributed by atoms with Crippen LogP contribution in [0.5, 0.6) is 5.75 Å². The lowest BCUT2D eigenvalue weighted by atomic mass is 10.2. The minimum absolute atomic E-state index is 0.268. The van der Waals surface area contributed by atoms with Crippen molar-refractivity contribution in [3.8, 4) is 5.75 Å². The van der Waals surface area contributed by atoms with Crippen LogP contribution in [0.2, 0.25) is 0 Å². The first-order valence-electron chi connectivity index (χ1n) is 7.84. The standard InChI is InChI=1S/C19H17BrN2O2S/c1-3-10-22-16-9-8-15(24-4-2)12-17(16)25-19(22)21-18(23)13-6-5-7-14(20)11-13/h3,5-9,11-12H,1,4,10H2,2H3. The van der Waals surface area contributed by atoms with Crippen molar-refractivity contribution in [1.29, 1.82) is 0 Å². The van der Waals surface area contributed by atoms with Gasteiger partial charge >= 0.3 is 0 Å². The number of benzene rings is 2. The summed E-state index contributed by atoms with van der Waals surface area (Å²) in [5.41, 5.74) is 1.56. The topological polar surface area (TPSA) is 43.6 Å². The fourth-order valence-electron chi connectivity index (χ4n) is 2.47. The third kappa shape index (κ3) is 3.91. The number of thiazole rings is 1. The maximum Gasteiger partial charge on any atom is 0.279 e.